The van der Waals surface area contributed by atoms with Gasteiger partial charge in [-0.3, -0.25) is 0 Å². The Kier molecular flexibility index (Phi) is 5.96. The van der Waals surface area contributed by atoms with Crippen LogP contribution in [0, 0.1) is 11.6 Å². The minimum Gasteiger partial charge on any atom is -0.487 e. The smallest absolute Gasteiger partial charge is 0.265 e. The van der Waals surface area contributed by atoms with Crippen molar-refractivity contribution in [1.82, 2.24) is 0 Å². The van der Waals surface area contributed by atoms with Gasteiger partial charge in [0.25, 0.3) is 9.05 Å². The predicted molar refractivity (Wildman–Crippen MR) is 66.0 cm³/mol. The zero-order valence-corrected chi connectivity index (χ0v) is 11.7. The molecule has 0 unspecified atom stereocenters. The third-order valence-electron chi connectivity index (χ3n) is 2.06. The molecule has 0 spiro atoms. The Balaban J connectivity index is 2.87. The summed E-state index contributed by atoms with van der Waals surface area (Å²) in [6, 6.07) is 1.13. The molecule has 0 aliphatic heterocycles. The van der Waals surface area contributed by atoms with E-state index in [1.165, 1.54) is 0 Å². The summed E-state index contributed by atoms with van der Waals surface area (Å²) in [4.78, 5) is -0.734. The number of ether oxygens (including phenoxy) is 2. The summed E-state index contributed by atoms with van der Waals surface area (Å²) < 4.78 is 59.0. The number of hydrogen-bond acceptors (Lipinski definition) is 4. The van der Waals surface area contributed by atoms with Crippen molar-refractivity contribution in [3.05, 3.63) is 23.8 Å². The highest BCUT2D eigenvalue weighted by Crippen LogP contribution is 2.30. The molecule has 19 heavy (non-hydrogen) atoms. The predicted octanol–water partition coefficient (Wildman–Crippen LogP) is 2.70. The molecule has 0 saturated heterocycles. The lowest BCUT2D eigenvalue weighted by Crippen LogP contribution is -2.10. The highest BCUT2D eigenvalue weighted by atomic mass is 35.7. The maximum atomic E-state index is 13.5. The van der Waals surface area contributed by atoms with Crippen LogP contribution < -0.4 is 4.74 Å². The van der Waals surface area contributed by atoms with E-state index in [1.54, 1.807) is 0 Å². The first-order chi connectivity index (χ1) is 8.86. The van der Waals surface area contributed by atoms with Crippen molar-refractivity contribution in [2.75, 3.05) is 19.8 Å². The summed E-state index contributed by atoms with van der Waals surface area (Å²) in [5, 5.41) is 0. The van der Waals surface area contributed by atoms with Gasteiger partial charge >= 0.3 is 0 Å². The summed E-state index contributed by atoms with van der Waals surface area (Å²) in [6.45, 7) is 2.52. The monoisotopic (exact) mass is 314 g/mol. The molecule has 0 N–H and O–H groups in total. The first-order valence-corrected chi connectivity index (χ1v) is 7.81. The van der Waals surface area contributed by atoms with Crippen molar-refractivity contribution >= 4 is 19.7 Å². The largest absolute Gasteiger partial charge is 0.487 e. The third kappa shape index (κ3) is 4.93. The van der Waals surface area contributed by atoms with Crippen LogP contribution in [0.25, 0.3) is 0 Å². The highest BCUT2D eigenvalue weighted by molar-refractivity contribution is 8.13. The van der Waals surface area contributed by atoms with Crippen molar-refractivity contribution in [2.45, 2.75) is 18.2 Å². The van der Waals surface area contributed by atoms with E-state index in [4.69, 9.17) is 20.2 Å². The number of benzene rings is 1. The second kappa shape index (κ2) is 7.02. The molecule has 0 saturated carbocycles. The maximum absolute atomic E-state index is 13.5. The molecule has 108 valence electrons. The molecule has 0 aliphatic carbocycles. The molecular weight excluding hydrogens is 302 g/mol. The van der Waals surface area contributed by atoms with Gasteiger partial charge in [0.05, 0.1) is 6.61 Å². The Morgan fingerprint density at radius 3 is 2.47 bits per heavy atom. The molecule has 0 heterocycles. The zero-order chi connectivity index (χ0) is 14.5. The van der Waals surface area contributed by atoms with Crippen LogP contribution in [0.2, 0.25) is 0 Å². The van der Waals surface area contributed by atoms with E-state index in [0.29, 0.717) is 18.7 Å². The van der Waals surface area contributed by atoms with E-state index in [9.17, 15) is 17.2 Å². The Morgan fingerprint density at radius 1 is 1.21 bits per heavy atom. The lowest BCUT2D eigenvalue weighted by molar-refractivity contribution is 0.0980. The van der Waals surface area contributed by atoms with Gasteiger partial charge in [-0.2, -0.15) is 0 Å². The molecule has 4 nitrogen and oxygen atoms in total. The Bertz CT molecular complexity index is 534. The number of rotatable bonds is 7. The summed E-state index contributed by atoms with van der Waals surface area (Å²) in [7, 11) is 0.798. The van der Waals surface area contributed by atoms with Gasteiger partial charge in [0, 0.05) is 23.4 Å². The molecule has 1 aromatic rings. The average Bonchev–Trinajstić information content (AvgIpc) is 2.29. The van der Waals surface area contributed by atoms with Crippen LogP contribution in [0.15, 0.2) is 17.0 Å². The second-order valence-electron chi connectivity index (χ2n) is 3.61. The fourth-order valence-electron chi connectivity index (χ4n) is 1.31. The zero-order valence-electron chi connectivity index (χ0n) is 10.2. The van der Waals surface area contributed by atoms with Gasteiger partial charge < -0.3 is 9.47 Å². The van der Waals surface area contributed by atoms with Crippen molar-refractivity contribution in [3.63, 3.8) is 0 Å². The minimum absolute atomic E-state index is 0.0675. The van der Waals surface area contributed by atoms with E-state index in [-0.39, 0.29) is 13.2 Å². The molecule has 0 bridgehead atoms. The minimum atomic E-state index is -4.30. The molecule has 0 atom stereocenters. The van der Waals surface area contributed by atoms with Crippen molar-refractivity contribution in [3.8, 4) is 5.75 Å². The fraction of sp³-hybridized carbons (Fsp3) is 0.455. The Hall–Kier alpha value is -0.920. The lowest BCUT2D eigenvalue weighted by atomic mass is 10.3. The van der Waals surface area contributed by atoms with Crippen molar-refractivity contribution in [1.29, 1.82) is 0 Å². The quantitative estimate of drug-likeness (QED) is 0.573. The van der Waals surface area contributed by atoms with E-state index in [2.05, 4.69) is 0 Å². The number of hydrogen-bond donors (Lipinski definition) is 0. The topological polar surface area (TPSA) is 52.6 Å². The van der Waals surface area contributed by atoms with Crippen molar-refractivity contribution < 1.29 is 26.7 Å². The molecule has 0 radical (unpaired) electrons. The molecule has 0 fully saturated rings. The van der Waals surface area contributed by atoms with Gasteiger partial charge in [-0.05, 0) is 12.5 Å². The van der Waals surface area contributed by atoms with Gasteiger partial charge in [-0.25, -0.2) is 17.2 Å². The van der Waals surface area contributed by atoms with E-state index < -0.39 is 31.3 Å². The summed E-state index contributed by atoms with van der Waals surface area (Å²) >= 11 is 0. The molecule has 0 aliphatic rings. The van der Waals surface area contributed by atoms with Gasteiger partial charge in [-0.15, -0.1) is 0 Å². The molecular formula is C11H13ClF2O4S. The Labute approximate surface area is 114 Å². The van der Waals surface area contributed by atoms with Gasteiger partial charge in [0.15, 0.2) is 11.6 Å². The molecule has 0 amide bonds. The first-order valence-electron chi connectivity index (χ1n) is 5.50. The van der Waals surface area contributed by atoms with Crippen LogP contribution in [0.1, 0.15) is 13.3 Å². The first kappa shape index (κ1) is 16.1. The highest BCUT2D eigenvalue weighted by Gasteiger charge is 2.22. The van der Waals surface area contributed by atoms with E-state index in [0.717, 1.165) is 6.42 Å². The van der Waals surface area contributed by atoms with Gasteiger partial charge in [0.1, 0.15) is 17.3 Å². The van der Waals surface area contributed by atoms with Crippen LogP contribution in [-0.2, 0) is 13.8 Å². The SMILES string of the molecule is CCCOCCOc1c(F)cc(F)cc1S(=O)(=O)Cl. The average molecular weight is 315 g/mol. The van der Waals surface area contributed by atoms with Crippen LogP contribution in [0.4, 0.5) is 8.78 Å². The second-order valence-corrected chi connectivity index (χ2v) is 6.15. The van der Waals surface area contributed by atoms with Crippen LogP contribution in [0.3, 0.4) is 0 Å². The van der Waals surface area contributed by atoms with E-state index in [1.807, 2.05) is 6.92 Å². The van der Waals surface area contributed by atoms with Crippen LogP contribution >= 0.6 is 10.7 Å². The Morgan fingerprint density at radius 2 is 1.89 bits per heavy atom. The third-order valence-corrected chi connectivity index (χ3v) is 3.39. The van der Waals surface area contributed by atoms with E-state index >= 15 is 0 Å². The van der Waals surface area contributed by atoms with Crippen molar-refractivity contribution in [2.24, 2.45) is 0 Å². The van der Waals surface area contributed by atoms with Gasteiger partial charge in [0.2, 0.25) is 0 Å². The number of halogens is 3. The van der Waals surface area contributed by atoms with Gasteiger partial charge in [-0.1, -0.05) is 6.92 Å². The van der Waals surface area contributed by atoms with Crippen LogP contribution in [0.5, 0.6) is 5.75 Å². The molecule has 8 heteroatoms. The molecule has 0 aromatic heterocycles. The molecule has 1 aromatic carbocycles. The summed E-state index contributed by atoms with van der Waals surface area (Å²) in [5.74, 6) is -2.78. The maximum Gasteiger partial charge on any atom is 0.265 e. The lowest BCUT2D eigenvalue weighted by Gasteiger charge is -2.11. The summed E-state index contributed by atoms with van der Waals surface area (Å²) in [6.07, 6.45) is 0.812. The van der Waals surface area contributed by atoms with Crippen LogP contribution in [-0.4, -0.2) is 28.2 Å². The standard InChI is InChI=1S/C11H13ClF2O4S/c1-2-3-17-4-5-18-11-9(14)6-8(13)7-10(11)19(12,15)16/h6-7H,2-5H2,1H3. The normalized spacial score (nSPS) is 11.6. The fourth-order valence-corrected chi connectivity index (χ4v) is 2.28. The summed E-state index contributed by atoms with van der Waals surface area (Å²) in [5.41, 5.74) is 0. The molecule has 1 rings (SSSR count).